The summed E-state index contributed by atoms with van der Waals surface area (Å²) in [7, 11) is 1.66. The lowest BCUT2D eigenvalue weighted by Crippen LogP contribution is -2.06. The summed E-state index contributed by atoms with van der Waals surface area (Å²) in [6.07, 6.45) is 0. The summed E-state index contributed by atoms with van der Waals surface area (Å²) in [6.45, 7) is 5.41. The molecule has 0 bridgehead atoms. The molecule has 0 spiro atoms. The zero-order chi connectivity index (χ0) is 14.5. The van der Waals surface area contributed by atoms with Crippen molar-refractivity contribution in [3.63, 3.8) is 0 Å². The molecule has 1 aromatic heterocycles. The molecule has 0 atom stereocenters. The summed E-state index contributed by atoms with van der Waals surface area (Å²) in [5.74, 6) is 1.63. The Kier molecular flexibility index (Phi) is 5.06. The van der Waals surface area contributed by atoms with Crippen molar-refractivity contribution in [2.75, 3.05) is 7.11 Å². The highest BCUT2D eigenvalue weighted by atomic mass is 79.9. The largest absolute Gasteiger partial charge is 0.497 e. The Morgan fingerprint density at radius 2 is 2.10 bits per heavy atom. The molecule has 0 fully saturated rings. The Morgan fingerprint density at radius 1 is 1.30 bits per heavy atom. The highest BCUT2D eigenvalue weighted by Gasteiger charge is 2.08. The second kappa shape index (κ2) is 6.79. The van der Waals surface area contributed by atoms with Gasteiger partial charge in [-0.05, 0) is 26.0 Å². The van der Waals surface area contributed by atoms with Crippen molar-refractivity contribution in [1.82, 2.24) is 9.78 Å². The van der Waals surface area contributed by atoms with E-state index in [-0.39, 0.29) is 0 Å². The predicted octanol–water partition coefficient (Wildman–Crippen LogP) is 3.69. The van der Waals surface area contributed by atoms with Gasteiger partial charge in [0.05, 0.1) is 18.5 Å². The Balaban J connectivity index is 2.17. The minimum absolute atomic E-state index is 0.502. The summed E-state index contributed by atoms with van der Waals surface area (Å²) in [5, 5.41) is 5.17. The molecule has 2 aromatic rings. The molecule has 20 heavy (non-hydrogen) atoms. The van der Waals surface area contributed by atoms with E-state index >= 15 is 0 Å². The number of nitrogens with zero attached hydrogens (tertiary/aromatic N) is 2. The number of hydrogen-bond donors (Lipinski definition) is 0. The number of aryl methyl sites for hydroxylation is 2. The molecular formula is C15H19BrN2O2. The van der Waals surface area contributed by atoms with Gasteiger partial charge in [-0.1, -0.05) is 22.0 Å². The average molecular weight is 339 g/mol. The number of alkyl halides is 1. The Hall–Kier alpha value is -1.49. The van der Waals surface area contributed by atoms with E-state index in [1.165, 1.54) is 0 Å². The summed E-state index contributed by atoms with van der Waals surface area (Å²) >= 11 is 3.47. The van der Waals surface area contributed by atoms with Crippen LogP contribution < -0.4 is 9.47 Å². The Bertz CT molecular complexity index is 581. The quantitative estimate of drug-likeness (QED) is 0.753. The molecule has 0 radical (unpaired) electrons. The van der Waals surface area contributed by atoms with Crippen LogP contribution in [0.3, 0.4) is 0 Å². The number of benzene rings is 1. The second-order valence-corrected chi connectivity index (χ2v) is 5.05. The molecule has 0 amide bonds. The normalized spacial score (nSPS) is 10.6. The molecule has 0 N–H and O–H groups in total. The van der Waals surface area contributed by atoms with Crippen molar-refractivity contribution in [3.8, 4) is 11.5 Å². The summed E-state index contributed by atoms with van der Waals surface area (Å²) in [6, 6.07) is 7.91. The van der Waals surface area contributed by atoms with Gasteiger partial charge in [-0.2, -0.15) is 5.10 Å². The molecule has 1 aromatic carbocycles. The van der Waals surface area contributed by atoms with Crippen molar-refractivity contribution < 1.29 is 9.47 Å². The third-order valence-corrected chi connectivity index (χ3v) is 3.68. The van der Waals surface area contributed by atoms with Crippen LogP contribution in [0.4, 0.5) is 0 Å². The van der Waals surface area contributed by atoms with Gasteiger partial charge < -0.3 is 9.47 Å². The van der Waals surface area contributed by atoms with Crippen LogP contribution in [0.1, 0.15) is 23.9 Å². The highest BCUT2D eigenvalue weighted by Crippen LogP contribution is 2.27. The van der Waals surface area contributed by atoms with E-state index in [1.807, 2.05) is 29.8 Å². The topological polar surface area (TPSA) is 36.3 Å². The standard InChI is InChI=1S/C15H19BrN2O2/c1-4-18-13(7-11(2)17-18)10-20-15-8-14(19-3)6-5-12(15)9-16/h5-8H,4,9-10H2,1-3H3. The fourth-order valence-electron chi connectivity index (χ4n) is 2.05. The first-order chi connectivity index (χ1) is 9.67. The lowest BCUT2D eigenvalue weighted by molar-refractivity contribution is 0.288. The fraction of sp³-hybridized carbons (Fsp3) is 0.400. The van der Waals surface area contributed by atoms with Crippen molar-refractivity contribution in [2.45, 2.75) is 32.3 Å². The summed E-state index contributed by atoms with van der Waals surface area (Å²) in [5.41, 5.74) is 3.19. The van der Waals surface area contributed by atoms with Crippen LogP contribution in [-0.2, 0) is 18.5 Å². The molecule has 0 saturated carbocycles. The Morgan fingerprint density at radius 3 is 2.75 bits per heavy atom. The van der Waals surface area contributed by atoms with Crippen LogP contribution >= 0.6 is 15.9 Å². The van der Waals surface area contributed by atoms with Gasteiger partial charge in [-0.3, -0.25) is 4.68 Å². The lowest BCUT2D eigenvalue weighted by atomic mass is 10.2. The number of hydrogen-bond acceptors (Lipinski definition) is 3. The first kappa shape index (κ1) is 14.9. The van der Waals surface area contributed by atoms with Gasteiger partial charge in [0.25, 0.3) is 0 Å². The van der Waals surface area contributed by atoms with Gasteiger partial charge in [0.15, 0.2) is 0 Å². The number of methoxy groups -OCH3 is 1. The van der Waals surface area contributed by atoms with Crippen molar-refractivity contribution in [3.05, 3.63) is 41.2 Å². The van der Waals surface area contributed by atoms with E-state index in [0.29, 0.717) is 6.61 Å². The second-order valence-electron chi connectivity index (χ2n) is 4.49. The summed E-state index contributed by atoms with van der Waals surface area (Å²) in [4.78, 5) is 0. The van der Waals surface area contributed by atoms with E-state index in [0.717, 1.165) is 40.3 Å². The van der Waals surface area contributed by atoms with E-state index in [4.69, 9.17) is 9.47 Å². The van der Waals surface area contributed by atoms with Gasteiger partial charge >= 0.3 is 0 Å². The van der Waals surface area contributed by atoms with Gasteiger partial charge in [0, 0.05) is 23.5 Å². The zero-order valence-corrected chi connectivity index (χ0v) is 13.6. The number of aromatic nitrogens is 2. The number of ether oxygens (including phenoxy) is 2. The van der Waals surface area contributed by atoms with E-state index in [1.54, 1.807) is 7.11 Å². The first-order valence-electron chi connectivity index (χ1n) is 6.57. The molecule has 108 valence electrons. The average Bonchev–Trinajstić information content (AvgIpc) is 2.84. The monoisotopic (exact) mass is 338 g/mol. The third-order valence-electron chi connectivity index (χ3n) is 3.08. The fourth-order valence-corrected chi connectivity index (χ4v) is 2.51. The molecule has 5 heteroatoms. The number of halogens is 1. The molecule has 0 aliphatic rings. The van der Waals surface area contributed by atoms with E-state index in [9.17, 15) is 0 Å². The maximum absolute atomic E-state index is 5.94. The van der Waals surface area contributed by atoms with Crippen LogP contribution in [0.2, 0.25) is 0 Å². The maximum Gasteiger partial charge on any atom is 0.130 e. The molecule has 1 heterocycles. The van der Waals surface area contributed by atoms with Gasteiger partial charge in [-0.25, -0.2) is 0 Å². The molecule has 0 aliphatic heterocycles. The van der Waals surface area contributed by atoms with E-state index < -0.39 is 0 Å². The highest BCUT2D eigenvalue weighted by molar-refractivity contribution is 9.08. The predicted molar refractivity (Wildman–Crippen MR) is 82.6 cm³/mol. The van der Waals surface area contributed by atoms with Gasteiger partial charge in [-0.15, -0.1) is 0 Å². The van der Waals surface area contributed by atoms with Gasteiger partial charge in [0.2, 0.25) is 0 Å². The molecule has 4 nitrogen and oxygen atoms in total. The summed E-state index contributed by atoms with van der Waals surface area (Å²) < 4.78 is 13.1. The zero-order valence-electron chi connectivity index (χ0n) is 12.0. The van der Waals surface area contributed by atoms with Crippen LogP contribution in [0.5, 0.6) is 11.5 Å². The van der Waals surface area contributed by atoms with Gasteiger partial charge in [0.1, 0.15) is 18.1 Å². The minimum Gasteiger partial charge on any atom is -0.497 e. The number of rotatable bonds is 6. The maximum atomic E-state index is 5.94. The SMILES string of the molecule is CCn1nc(C)cc1COc1cc(OC)ccc1CBr. The van der Waals surface area contributed by atoms with Crippen molar-refractivity contribution in [1.29, 1.82) is 0 Å². The van der Waals surface area contributed by atoms with Crippen LogP contribution in [0, 0.1) is 6.92 Å². The molecule has 0 saturated heterocycles. The minimum atomic E-state index is 0.502. The van der Waals surface area contributed by atoms with Crippen molar-refractivity contribution in [2.24, 2.45) is 0 Å². The lowest BCUT2D eigenvalue weighted by Gasteiger charge is -2.12. The van der Waals surface area contributed by atoms with E-state index in [2.05, 4.69) is 34.0 Å². The van der Waals surface area contributed by atoms with Crippen molar-refractivity contribution >= 4 is 15.9 Å². The molecular weight excluding hydrogens is 320 g/mol. The molecule has 0 aliphatic carbocycles. The smallest absolute Gasteiger partial charge is 0.130 e. The van der Waals surface area contributed by atoms with Crippen LogP contribution in [-0.4, -0.2) is 16.9 Å². The first-order valence-corrected chi connectivity index (χ1v) is 7.69. The Labute approximate surface area is 127 Å². The van der Waals surface area contributed by atoms with Crippen LogP contribution in [0.25, 0.3) is 0 Å². The molecule has 2 rings (SSSR count). The van der Waals surface area contributed by atoms with Crippen LogP contribution in [0.15, 0.2) is 24.3 Å². The molecule has 0 unspecified atom stereocenters. The third kappa shape index (κ3) is 3.33.